The van der Waals surface area contributed by atoms with E-state index in [1.54, 1.807) is 0 Å². The van der Waals surface area contributed by atoms with Crippen LogP contribution in [0.3, 0.4) is 0 Å². The number of ether oxygens (including phenoxy) is 1. The Balaban J connectivity index is 1.97. The predicted molar refractivity (Wildman–Crippen MR) is 77.0 cm³/mol. The van der Waals surface area contributed by atoms with Gasteiger partial charge in [-0.25, -0.2) is 4.98 Å². The molecule has 1 aromatic rings. The molecule has 1 aromatic heterocycles. The standard InChI is InChI=1S/C14H22ClN3O/c1-9(2)13-16-12(15)10(3)14(17-13)19-8-7-18(4)11-5-6-11/h9,11H,5-8H2,1-4H3. The summed E-state index contributed by atoms with van der Waals surface area (Å²) in [7, 11) is 2.14. The first-order chi connectivity index (χ1) is 8.99. The van der Waals surface area contributed by atoms with Gasteiger partial charge in [0.25, 0.3) is 0 Å². The maximum Gasteiger partial charge on any atom is 0.221 e. The van der Waals surface area contributed by atoms with Gasteiger partial charge in [-0.3, -0.25) is 0 Å². The van der Waals surface area contributed by atoms with Crippen LogP contribution in [0.5, 0.6) is 5.88 Å². The molecule has 0 N–H and O–H groups in total. The first kappa shape index (κ1) is 14.5. The zero-order chi connectivity index (χ0) is 14.0. The maximum absolute atomic E-state index is 6.12. The van der Waals surface area contributed by atoms with Crippen molar-refractivity contribution in [3.63, 3.8) is 0 Å². The van der Waals surface area contributed by atoms with Gasteiger partial charge in [0.2, 0.25) is 5.88 Å². The number of likely N-dealkylation sites (N-methyl/N-ethyl adjacent to an activating group) is 1. The molecule has 106 valence electrons. The van der Waals surface area contributed by atoms with Crippen LogP contribution in [0.4, 0.5) is 0 Å². The molecule has 0 unspecified atom stereocenters. The normalized spacial score (nSPS) is 15.3. The van der Waals surface area contributed by atoms with Crippen molar-refractivity contribution in [1.82, 2.24) is 14.9 Å². The van der Waals surface area contributed by atoms with Crippen LogP contribution in [0.2, 0.25) is 5.15 Å². The number of hydrogen-bond acceptors (Lipinski definition) is 4. The van der Waals surface area contributed by atoms with Gasteiger partial charge in [-0.2, -0.15) is 4.98 Å². The number of hydrogen-bond donors (Lipinski definition) is 0. The molecular weight excluding hydrogens is 262 g/mol. The third kappa shape index (κ3) is 3.80. The minimum atomic E-state index is 0.245. The minimum Gasteiger partial charge on any atom is -0.476 e. The van der Waals surface area contributed by atoms with Gasteiger partial charge in [0.15, 0.2) is 0 Å². The summed E-state index contributed by atoms with van der Waals surface area (Å²) in [6, 6.07) is 0.755. The zero-order valence-electron chi connectivity index (χ0n) is 12.1. The van der Waals surface area contributed by atoms with Crippen LogP contribution >= 0.6 is 11.6 Å². The van der Waals surface area contributed by atoms with Crippen molar-refractivity contribution in [1.29, 1.82) is 0 Å². The number of halogens is 1. The van der Waals surface area contributed by atoms with Crippen LogP contribution in [0.1, 0.15) is 44.0 Å². The van der Waals surface area contributed by atoms with Gasteiger partial charge in [-0.1, -0.05) is 25.4 Å². The Bertz CT molecular complexity index is 447. The van der Waals surface area contributed by atoms with E-state index in [-0.39, 0.29) is 5.92 Å². The molecule has 0 saturated heterocycles. The Labute approximate surface area is 120 Å². The van der Waals surface area contributed by atoms with E-state index in [9.17, 15) is 0 Å². The summed E-state index contributed by atoms with van der Waals surface area (Å²) in [6.45, 7) is 7.55. The van der Waals surface area contributed by atoms with Crippen molar-refractivity contribution in [2.75, 3.05) is 20.2 Å². The van der Waals surface area contributed by atoms with E-state index in [0.717, 1.165) is 24.0 Å². The fourth-order valence-corrected chi connectivity index (χ4v) is 2.04. The first-order valence-electron chi connectivity index (χ1n) is 6.86. The summed E-state index contributed by atoms with van der Waals surface area (Å²) < 4.78 is 5.78. The average molecular weight is 284 g/mol. The van der Waals surface area contributed by atoms with Gasteiger partial charge in [0.1, 0.15) is 17.6 Å². The Hall–Kier alpha value is -0.870. The van der Waals surface area contributed by atoms with E-state index in [1.807, 2.05) is 20.8 Å². The van der Waals surface area contributed by atoms with E-state index in [0.29, 0.717) is 17.6 Å². The van der Waals surface area contributed by atoms with Crippen LogP contribution in [0, 0.1) is 6.92 Å². The van der Waals surface area contributed by atoms with Crippen molar-refractivity contribution in [3.05, 3.63) is 16.5 Å². The quantitative estimate of drug-likeness (QED) is 0.752. The summed E-state index contributed by atoms with van der Waals surface area (Å²) in [5, 5.41) is 0.490. The van der Waals surface area contributed by atoms with Crippen molar-refractivity contribution in [3.8, 4) is 5.88 Å². The lowest BCUT2D eigenvalue weighted by Gasteiger charge is -2.17. The molecule has 4 nitrogen and oxygen atoms in total. The Morgan fingerprint density at radius 2 is 2.05 bits per heavy atom. The van der Waals surface area contributed by atoms with Crippen LogP contribution in [-0.2, 0) is 0 Å². The largest absolute Gasteiger partial charge is 0.476 e. The molecule has 0 spiro atoms. The Morgan fingerprint density at radius 3 is 2.63 bits per heavy atom. The van der Waals surface area contributed by atoms with E-state index in [1.165, 1.54) is 12.8 Å². The molecule has 0 amide bonds. The van der Waals surface area contributed by atoms with Gasteiger partial charge < -0.3 is 9.64 Å². The highest BCUT2D eigenvalue weighted by Crippen LogP contribution is 2.26. The molecule has 0 aromatic carbocycles. The Kier molecular flexibility index (Phi) is 4.63. The first-order valence-corrected chi connectivity index (χ1v) is 7.24. The van der Waals surface area contributed by atoms with Gasteiger partial charge in [0.05, 0.1) is 0 Å². The highest BCUT2D eigenvalue weighted by molar-refractivity contribution is 6.30. The fourth-order valence-electron chi connectivity index (χ4n) is 1.87. The second-order valence-electron chi connectivity index (χ2n) is 5.52. The second-order valence-corrected chi connectivity index (χ2v) is 5.88. The molecule has 2 rings (SSSR count). The summed E-state index contributed by atoms with van der Waals surface area (Å²) in [4.78, 5) is 11.1. The molecule has 0 bridgehead atoms. The molecule has 1 fully saturated rings. The molecule has 0 radical (unpaired) electrons. The molecular formula is C14H22ClN3O. The molecule has 1 aliphatic carbocycles. The van der Waals surface area contributed by atoms with E-state index < -0.39 is 0 Å². The zero-order valence-corrected chi connectivity index (χ0v) is 12.9. The molecule has 5 heteroatoms. The van der Waals surface area contributed by atoms with Crippen molar-refractivity contribution in [2.24, 2.45) is 0 Å². The molecule has 0 atom stereocenters. The molecule has 1 heterocycles. The third-order valence-corrected chi connectivity index (χ3v) is 3.80. The van der Waals surface area contributed by atoms with E-state index in [2.05, 4.69) is 21.9 Å². The van der Waals surface area contributed by atoms with Crippen LogP contribution in [0.15, 0.2) is 0 Å². The fraction of sp³-hybridized carbons (Fsp3) is 0.714. The predicted octanol–water partition coefficient (Wildman–Crippen LogP) is 3.03. The Morgan fingerprint density at radius 1 is 1.37 bits per heavy atom. The smallest absolute Gasteiger partial charge is 0.221 e. The lowest BCUT2D eigenvalue weighted by Crippen LogP contribution is -2.26. The minimum absolute atomic E-state index is 0.245. The lowest BCUT2D eigenvalue weighted by molar-refractivity contribution is 0.224. The SMILES string of the molecule is Cc1c(Cl)nc(C(C)C)nc1OCCN(C)C1CC1. The monoisotopic (exact) mass is 283 g/mol. The van der Waals surface area contributed by atoms with Gasteiger partial charge in [0, 0.05) is 24.1 Å². The molecule has 19 heavy (non-hydrogen) atoms. The molecule has 1 aliphatic rings. The number of nitrogens with zero attached hydrogens (tertiary/aromatic N) is 3. The summed E-state index contributed by atoms with van der Waals surface area (Å²) in [6.07, 6.45) is 2.62. The average Bonchev–Trinajstić information content (AvgIpc) is 3.17. The summed E-state index contributed by atoms with van der Waals surface area (Å²) in [5.74, 6) is 1.60. The maximum atomic E-state index is 6.12. The van der Waals surface area contributed by atoms with Gasteiger partial charge in [-0.05, 0) is 26.8 Å². The van der Waals surface area contributed by atoms with Gasteiger partial charge in [-0.15, -0.1) is 0 Å². The van der Waals surface area contributed by atoms with E-state index >= 15 is 0 Å². The second kappa shape index (κ2) is 6.06. The summed E-state index contributed by atoms with van der Waals surface area (Å²) >= 11 is 6.12. The third-order valence-electron chi connectivity index (χ3n) is 3.43. The van der Waals surface area contributed by atoms with Crippen LogP contribution < -0.4 is 4.74 Å². The highest BCUT2D eigenvalue weighted by atomic mass is 35.5. The van der Waals surface area contributed by atoms with Gasteiger partial charge >= 0.3 is 0 Å². The van der Waals surface area contributed by atoms with Crippen molar-refractivity contribution >= 4 is 11.6 Å². The van der Waals surface area contributed by atoms with E-state index in [4.69, 9.17) is 16.3 Å². The van der Waals surface area contributed by atoms with Crippen molar-refractivity contribution < 1.29 is 4.74 Å². The number of rotatable bonds is 6. The van der Waals surface area contributed by atoms with Crippen LogP contribution in [-0.4, -0.2) is 41.1 Å². The highest BCUT2D eigenvalue weighted by Gasteiger charge is 2.25. The topological polar surface area (TPSA) is 38.3 Å². The molecule has 1 saturated carbocycles. The number of aromatic nitrogens is 2. The van der Waals surface area contributed by atoms with Crippen molar-refractivity contribution in [2.45, 2.75) is 45.6 Å². The summed E-state index contributed by atoms with van der Waals surface area (Å²) in [5.41, 5.74) is 0.820. The molecule has 0 aliphatic heterocycles. The van der Waals surface area contributed by atoms with Crippen LogP contribution in [0.25, 0.3) is 0 Å². The lowest BCUT2D eigenvalue weighted by atomic mass is 10.2.